The zero-order valence-corrected chi connectivity index (χ0v) is 14.1. The van der Waals surface area contributed by atoms with Gasteiger partial charge in [-0.2, -0.15) is 10.2 Å². The summed E-state index contributed by atoms with van der Waals surface area (Å²) in [5.41, 5.74) is -0.132. The summed E-state index contributed by atoms with van der Waals surface area (Å²) in [7, 11) is 0. The molecule has 1 N–H and O–H groups in total. The van der Waals surface area contributed by atoms with Gasteiger partial charge in [-0.15, -0.1) is 12.3 Å². The van der Waals surface area contributed by atoms with E-state index in [4.69, 9.17) is 6.42 Å². The third kappa shape index (κ3) is 4.81. The normalized spacial score (nSPS) is 21.4. The molecule has 0 radical (unpaired) electrons. The zero-order chi connectivity index (χ0) is 16.2. The number of nitrogens with zero attached hydrogens (tertiary/aromatic N) is 3. The van der Waals surface area contributed by atoms with Crippen LogP contribution in [0.25, 0.3) is 0 Å². The molecule has 2 rings (SSSR count). The lowest BCUT2D eigenvalue weighted by Gasteiger charge is -2.41. The lowest BCUT2D eigenvalue weighted by Crippen LogP contribution is -2.50. The van der Waals surface area contributed by atoms with Gasteiger partial charge in [0.1, 0.15) is 0 Å². The molecule has 122 valence electrons. The van der Waals surface area contributed by atoms with Crippen LogP contribution in [0.1, 0.15) is 59.3 Å². The fourth-order valence-corrected chi connectivity index (χ4v) is 2.98. The quantitative estimate of drug-likeness (QED) is 0.767. The van der Waals surface area contributed by atoms with Crippen LogP contribution in [0.3, 0.4) is 0 Å². The van der Waals surface area contributed by atoms with Crippen molar-refractivity contribution in [2.24, 2.45) is 10.2 Å². The van der Waals surface area contributed by atoms with E-state index >= 15 is 0 Å². The van der Waals surface area contributed by atoms with Crippen LogP contribution in [0.2, 0.25) is 0 Å². The highest BCUT2D eigenvalue weighted by Gasteiger charge is 2.39. The average Bonchev–Trinajstić information content (AvgIpc) is 3.23. The molecule has 22 heavy (non-hydrogen) atoms. The van der Waals surface area contributed by atoms with Crippen molar-refractivity contribution < 1.29 is 4.79 Å². The number of piperidine rings is 1. The van der Waals surface area contributed by atoms with Crippen LogP contribution in [0.4, 0.5) is 0 Å². The van der Waals surface area contributed by atoms with Crippen molar-refractivity contribution in [1.82, 2.24) is 10.2 Å². The summed E-state index contributed by atoms with van der Waals surface area (Å²) in [6.45, 7) is 8.81. The molecule has 1 fully saturated rings. The van der Waals surface area contributed by atoms with Crippen LogP contribution < -0.4 is 5.32 Å². The number of likely N-dealkylation sites (tertiary alicyclic amines) is 1. The summed E-state index contributed by atoms with van der Waals surface area (Å²) in [5, 5.41) is 11.3. The maximum Gasteiger partial charge on any atom is 0.220 e. The maximum absolute atomic E-state index is 12.1. The molecule has 1 amide bonds. The van der Waals surface area contributed by atoms with E-state index in [0.717, 1.165) is 32.4 Å². The molecule has 5 heteroatoms. The van der Waals surface area contributed by atoms with E-state index in [0.29, 0.717) is 25.3 Å². The van der Waals surface area contributed by atoms with E-state index < -0.39 is 0 Å². The molecule has 2 aliphatic heterocycles. The Morgan fingerprint density at radius 2 is 1.95 bits per heavy atom. The minimum Gasteiger partial charge on any atom is -0.353 e. The van der Waals surface area contributed by atoms with Crippen molar-refractivity contribution in [2.75, 3.05) is 13.1 Å². The van der Waals surface area contributed by atoms with Crippen LogP contribution in [0.5, 0.6) is 0 Å². The highest BCUT2D eigenvalue weighted by atomic mass is 16.1. The van der Waals surface area contributed by atoms with E-state index in [9.17, 15) is 4.79 Å². The van der Waals surface area contributed by atoms with E-state index in [1.54, 1.807) is 0 Å². The summed E-state index contributed by atoms with van der Waals surface area (Å²) in [6.07, 6.45) is 9.92. The Bertz CT molecular complexity index is 458. The third-order valence-electron chi connectivity index (χ3n) is 4.61. The first-order valence-electron chi connectivity index (χ1n) is 8.27. The summed E-state index contributed by atoms with van der Waals surface area (Å²) in [4.78, 5) is 14.6. The molecule has 5 nitrogen and oxygen atoms in total. The summed E-state index contributed by atoms with van der Waals surface area (Å²) in [5.74, 6) is 2.73. The van der Waals surface area contributed by atoms with Gasteiger partial charge in [0.2, 0.25) is 5.91 Å². The van der Waals surface area contributed by atoms with E-state index in [2.05, 4.69) is 47.1 Å². The number of nitrogens with one attached hydrogen (secondary N) is 1. The maximum atomic E-state index is 12.1. The van der Waals surface area contributed by atoms with Crippen molar-refractivity contribution in [3.63, 3.8) is 0 Å². The fraction of sp³-hybridized carbons (Fsp3) is 0.824. The minimum absolute atomic E-state index is 0.117. The van der Waals surface area contributed by atoms with Crippen LogP contribution in [-0.4, -0.2) is 41.1 Å². The topological polar surface area (TPSA) is 57.1 Å². The van der Waals surface area contributed by atoms with Crippen LogP contribution in [0.15, 0.2) is 10.2 Å². The number of carbonyl (C=O) groups excluding carboxylic acids is 1. The molecule has 0 aromatic carbocycles. The molecule has 2 heterocycles. The lowest BCUT2D eigenvalue weighted by atomic mass is 9.97. The van der Waals surface area contributed by atoms with Crippen molar-refractivity contribution in [3.8, 4) is 12.3 Å². The molecule has 0 spiro atoms. The predicted octanol–water partition coefficient (Wildman–Crippen LogP) is 2.72. The molecule has 0 atom stereocenters. The Kier molecular flexibility index (Phi) is 5.23. The Hall–Kier alpha value is -1.41. The summed E-state index contributed by atoms with van der Waals surface area (Å²) >= 11 is 0. The number of hydrogen-bond donors (Lipinski definition) is 1. The zero-order valence-electron chi connectivity index (χ0n) is 14.1. The number of carbonyl (C=O) groups is 1. The first-order chi connectivity index (χ1) is 10.3. The molecule has 1 saturated heterocycles. The van der Waals surface area contributed by atoms with Crippen LogP contribution in [0, 0.1) is 12.3 Å². The van der Waals surface area contributed by atoms with Crippen molar-refractivity contribution in [2.45, 2.75) is 76.5 Å². The molecule has 0 saturated carbocycles. The molecule has 0 unspecified atom stereocenters. The number of amides is 1. The largest absolute Gasteiger partial charge is 0.353 e. The SMILES string of the molecule is C#CCCC1(CCC(=O)NC2CCN(C(C)(C)C)CC2)N=N1. The van der Waals surface area contributed by atoms with Crippen molar-refractivity contribution >= 4 is 5.91 Å². The van der Waals surface area contributed by atoms with Gasteiger partial charge in [0.25, 0.3) is 0 Å². The van der Waals surface area contributed by atoms with Crippen molar-refractivity contribution in [3.05, 3.63) is 0 Å². The highest BCUT2D eigenvalue weighted by molar-refractivity contribution is 5.76. The van der Waals surface area contributed by atoms with E-state index in [1.165, 1.54) is 0 Å². The number of rotatable bonds is 6. The highest BCUT2D eigenvalue weighted by Crippen LogP contribution is 2.37. The molecule has 0 aromatic heterocycles. The lowest BCUT2D eigenvalue weighted by molar-refractivity contribution is -0.122. The standard InChI is InChI=1S/C17H28N4O/c1-5-6-10-17(19-20-17)11-7-15(22)18-14-8-12-21(13-9-14)16(2,3)4/h1,14H,6-13H2,2-4H3,(H,18,22). The van der Waals surface area contributed by atoms with Gasteiger partial charge in [0, 0.05) is 50.4 Å². The fourth-order valence-electron chi connectivity index (χ4n) is 2.98. The monoisotopic (exact) mass is 304 g/mol. The van der Waals surface area contributed by atoms with Crippen LogP contribution >= 0.6 is 0 Å². The Morgan fingerprint density at radius 1 is 1.32 bits per heavy atom. The molecule has 0 aliphatic carbocycles. The summed E-state index contributed by atoms with van der Waals surface area (Å²) < 4.78 is 0. The summed E-state index contributed by atoms with van der Waals surface area (Å²) in [6, 6.07) is 0.306. The molecule has 2 aliphatic rings. The van der Waals surface area contributed by atoms with Gasteiger partial charge in [-0.25, -0.2) is 0 Å². The van der Waals surface area contributed by atoms with Crippen molar-refractivity contribution in [1.29, 1.82) is 0 Å². The van der Waals surface area contributed by atoms with E-state index in [-0.39, 0.29) is 17.1 Å². The van der Waals surface area contributed by atoms with Gasteiger partial charge in [0.15, 0.2) is 5.66 Å². The molecule has 0 aromatic rings. The van der Waals surface area contributed by atoms with Gasteiger partial charge in [0.05, 0.1) is 0 Å². The average molecular weight is 304 g/mol. The Balaban J connectivity index is 1.65. The number of hydrogen-bond acceptors (Lipinski definition) is 4. The minimum atomic E-state index is -0.348. The van der Waals surface area contributed by atoms with Gasteiger partial charge in [-0.3, -0.25) is 9.69 Å². The molecular weight excluding hydrogens is 276 g/mol. The van der Waals surface area contributed by atoms with Crippen LogP contribution in [-0.2, 0) is 4.79 Å². The second kappa shape index (κ2) is 6.78. The Morgan fingerprint density at radius 3 is 2.45 bits per heavy atom. The van der Waals surface area contributed by atoms with Gasteiger partial charge in [-0.1, -0.05) is 0 Å². The second-order valence-corrected chi connectivity index (χ2v) is 7.39. The Labute approximate surface area is 133 Å². The molecule has 0 bridgehead atoms. The number of terminal acetylenes is 1. The molecular formula is C17H28N4O. The third-order valence-corrected chi connectivity index (χ3v) is 4.61. The van der Waals surface area contributed by atoms with E-state index in [1.807, 2.05) is 0 Å². The second-order valence-electron chi connectivity index (χ2n) is 7.39. The first-order valence-corrected chi connectivity index (χ1v) is 8.27. The predicted molar refractivity (Wildman–Crippen MR) is 87.4 cm³/mol. The van der Waals surface area contributed by atoms with Gasteiger partial charge in [-0.05, 0) is 33.6 Å². The van der Waals surface area contributed by atoms with Gasteiger partial charge < -0.3 is 5.32 Å². The smallest absolute Gasteiger partial charge is 0.220 e. The van der Waals surface area contributed by atoms with Gasteiger partial charge >= 0.3 is 0 Å². The first kappa shape index (κ1) is 17.0.